The van der Waals surface area contributed by atoms with Crippen LogP contribution in [0.25, 0.3) is 11.0 Å². The molecule has 2 aliphatic carbocycles. The molecule has 0 unspecified atom stereocenters. The van der Waals surface area contributed by atoms with Crippen LogP contribution < -0.4 is 15.1 Å². The Kier molecular flexibility index (Phi) is 9.77. The number of hydrogen-bond acceptors (Lipinski definition) is 7. The standard InChI is InChI=1S/C37H42F6N8O/c1-21(2)33(52)46-29-15-44-34(45-16-29)50(19-25-11-27(36(38,39)40)14-28(12-25)37(41,42)43)20-26-13-30-22(3)48-51(35(4,5)6)32(30)47-31(26)49(17-23-7-8-23)18-24-9-10-24/h7,11-16,21,24H,8-10,17-20H2,1-6H3,(H,46,52). The average molecular weight is 729 g/mol. The van der Waals surface area contributed by atoms with Crippen molar-refractivity contribution in [2.45, 2.75) is 91.8 Å². The number of amides is 1. The topological polar surface area (TPSA) is 92.1 Å². The molecule has 3 heterocycles. The third-order valence-corrected chi connectivity index (χ3v) is 8.99. The van der Waals surface area contributed by atoms with Gasteiger partial charge in [-0.25, -0.2) is 19.6 Å². The Balaban J connectivity index is 1.49. The first-order valence-electron chi connectivity index (χ1n) is 17.2. The fraction of sp³-hybridized carbons (Fsp3) is 0.486. The minimum Gasteiger partial charge on any atom is -0.352 e. The van der Waals surface area contributed by atoms with E-state index in [9.17, 15) is 31.1 Å². The number of nitrogens with one attached hydrogen (secondary N) is 1. The molecule has 1 N–H and O–H groups in total. The lowest BCUT2D eigenvalue weighted by Crippen LogP contribution is -2.31. The molecule has 278 valence electrons. The van der Waals surface area contributed by atoms with Crippen LogP contribution in [0.2, 0.25) is 0 Å². The highest BCUT2D eigenvalue weighted by atomic mass is 19.4. The third-order valence-electron chi connectivity index (χ3n) is 8.99. The molecule has 1 amide bonds. The SMILES string of the molecule is Cc1nn(C(C)(C)C)c2nc(N(CC3=CC3)CC3CC3)c(CN(Cc3cc(C(F)(F)F)cc(C(F)(F)F)c3)c3ncc(NC(=O)C(C)C)cn3)cc12. The summed E-state index contributed by atoms with van der Waals surface area (Å²) < 4.78 is 85.4. The van der Waals surface area contributed by atoms with Crippen molar-refractivity contribution in [3.63, 3.8) is 0 Å². The van der Waals surface area contributed by atoms with Crippen LogP contribution in [0.4, 0.5) is 43.8 Å². The first-order chi connectivity index (χ1) is 24.3. The van der Waals surface area contributed by atoms with Gasteiger partial charge in [-0.05, 0) is 82.7 Å². The smallest absolute Gasteiger partial charge is 0.352 e. The second-order valence-electron chi connectivity index (χ2n) is 15.1. The van der Waals surface area contributed by atoms with E-state index in [-0.39, 0.29) is 35.9 Å². The largest absolute Gasteiger partial charge is 0.416 e. The maximum Gasteiger partial charge on any atom is 0.416 e. The molecule has 6 rings (SSSR count). The van der Waals surface area contributed by atoms with Gasteiger partial charge < -0.3 is 15.1 Å². The number of pyridine rings is 1. The lowest BCUT2D eigenvalue weighted by atomic mass is 10.0. The molecule has 52 heavy (non-hydrogen) atoms. The molecule has 0 saturated heterocycles. The Bertz CT molecular complexity index is 1960. The van der Waals surface area contributed by atoms with Gasteiger partial charge in [-0.1, -0.05) is 25.5 Å². The summed E-state index contributed by atoms with van der Waals surface area (Å²) >= 11 is 0. The van der Waals surface area contributed by atoms with Crippen molar-refractivity contribution in [2.75, 3.05) is 28.2 Å². The number of aryl methyl sites for hydroxylation is 1. The third kappa shape index (κ3) is 8.67. The highest BCUT2D eigenvalue weighted by molar-refractivity contribution is 5.91. The molecule has 3 aromatic heterocycles. The maximum absolute atomic E-state index is 13.9. The fourth-order valence-corrected chi connectivity index (χ4v) is 5.93. The molecule has 2 aliphatic rings. The van der Waals surface area contributed by atoms with Gasteiger partial charge >= 0.3 is 12.4 Å². The number of alkyl halides is 6. The molecule has 1 saturated carbocycles. The molecule has 1 fully saturated rings. The molecule has 1 aromatic carbocycles. The van der Waals surface area contributed by atoms with Gasteiger partial charge in [0.15, 0.2) is 5.65 Å². The van der Waals surface area contributed by atoms with E-state index >= 15 is 0 Å². The van der Waals surface area contributed by atoms with Gasteiger partial charge in [0.05, 0.1) is 40.4 Å². The zero-order chi connectivity index (χ0) is 37.7. The van der Waals surface area contributed by atoms with Crippen molar-refractivity contribution in [3.05, 3.63) is 76.3 Å². The summed E-state index contributed by atoms with van der Waals surface area (Å²) in [6.45, 7) is 12.4. The van der Waals surface area contributed by atoms with E-state index in [4.69, 9.17) is 10.1 Å². The van der Waals surface area contributed by atoms with Crippen LogP contribution in [0.3, 0.4) is 0 Å². The number of benzene rings is 1. The lowest BCUT2D eigenvalue weighted by Gasteiger charge is -2.29. The number of halogens is 6. The van der Waals surface area contributed by atoms with Crippen LogP contribution in [0.15, 0.2) is 48.3 Å². The van der Waals surface area contributed by atoms with Crippen LogP contribution in [0.1, 0.15) is 81.8 Å². The monoisotopic (exact) mass is 728 g/mol. The predicted molar refractivity (Wildman–Crippen MR) is 187 cm³/mol. The van der Waals surface area contributed by atoms with Crippen molar-refractivity contribution in [2.24, 2.45) is 11.8 Å². The molecule has 0 atom stereocenters. The zero-order valence-electron chi connectivity index (χ0n) is 30.0. The summed E-state index contributed by atoms with van der Waals surface area (Å²) in [4.78, 5) is 30.1. The molecular formula is C37H42F6N8O. The Morgan fingerprint density at radius 1 is 0.923 bits per heavy atom. The highest BCUT2D eigenvalue weighted by Crippen LogP contribution is 2.39. The van der Waals surface area contributed by atoms with Gasteiger partial charge in [-0.3, -0.25) is 4.79 Å². The number of fused-ring (bicyclic) bond motifs is 1. The van der Waals surface area contributed by atoms with E-state index in [1.54, 1.807) is 13.8 Å². The molecule has 15 heteroatoms. The molecule has 9 nitrogen and oxygen atoms in total. The second-order valence-corrected chi connectivity index (χ2v) is 15.1. The lowest BCUT2D eigenvalue weighted by molar-refractivity contribution is -0.143. The van der Waals surface area contributed by atoms with Gasteiger partial charge in [-0.15, -0.1) is 0 Å². The number of hydrogen-bond donors (Lipinski definition) is 1. The van der Waals surface area contributed by atoms with E-state index in [1.165, 1.54) is 22.9 Å². The molecular weight excluding hydrogens is 686 g/mol. The minimum absolute atomic E-state index is 0.00603. The van der Waals surface area contributed by atoms with Gasteiger partial charge in [0.25, 0.3) is 0 Å². The van der Waals surface area contributed by atoms with E-state index in [1.807, 2.05) is 38.4 Å². The van der Waals surface area contributed by atoms with Gasteiger partial charge in [0.2, 0.25) is 11.9 Å². The maximum atomic E-state index is 13.9. The van der Waals surface area contributed by atoms with Crippen LogP contribution >= 0.6 is 0 Å². The van der Waals surface area contributed by atoms with Crippen molar-refractivity contribution in [1.29, 1.82) is 0 Å². The average Bonchev–Trinajstić information content (AvgIpc) is 3.99. The highest BCUT2D eigenvalue weighted by Gasteiger charge is 2.37. The first-order valence-corrected chi connectivity index (χ1v) is 17.2. The van der Waals surface area contributed by atoms with Gasteiger partial charge in [-0.2, -0.15) is 31.4 Å². The zero-order valence-corrected chi connectivity index (χ0v) is 30.0. The number of carbonyl (C=O) groups is 1. The molecule has 0 radical (unpaired) electrons. The number of nitrogens with zero attached hydrogens (tertiary/aromatic N) is 7. The number of allylic oxidation sites excluding steroid dienone is 1. The Morgan fingerprint density at radius 2 is 1.54 bits per heavy atom. The van der Waals surface area contributed by atoms with Crippen LogP contribution in [0.5, 0.6) is 0 Å². The summed E-state index contributed by atoms with van der Waals surface area (Å²) in [6.07, 6.45) is -2.08. The Hall–Kier alpha value is -4.69. The summed E-state index contributed by atoms with van der Waals surface area (Å²) in [7, 11) is 0. The van der Waals surface area contributed by atoms with Crippen LogP contribution in [-0.2, 0) is 35.8 Å². The van der Waals surface area contributed by atoms with Crippen LogP contribution in [-0.4, -0.2) is 43.7 Å². The fourth-order valence-electron chi connectivity index (χ4n) is 5.93. The van der Waals surface area contributed by atoms with E-state index in [0.717, 1.165) is 49.0 Å². The summed E-state index contributed by atoms with van der Waals surface area (Å²) in [5, 5.41) is 8.28. The second kappa shape index (κ2) is 13.7. The minimum atomic E-state index is -5.01. The van der Waals surface area contributed by atoms with E-state index in [2.05, 4.69) is 26.3 Å². The van der Waals surface area contributed by atoms with Gasteiger partial charge in [0.1, 0.15) is 5.82 Å². The number of carbonyl (C=O) groups excluding carboxylic acids is 1. The van der Waals surface area contributed by atoms with E-state index < -0.39 is 35.6 Å². The molecule has 4 aromatic rings. The van der Waals surface area contributed by atoms with Crippen molar-refractivity contribution in [3.8, 4) is 0 Å². The Labute approximate surface area is 298 Å². The molecule has 0 aliphatic heterocycles. The summed E-state index contributed by atoms with van der Waals surface area (Å²) in [5.74, 6) is 0.590. The van der Waals surface area contributed by atoms with Crippen molar-refractivity contribution >= 4 is 34.4 Å². The normalized spacial score (nSPS) is 14.9. The first kappa shape index (κ1) is 37.1. The van der Waals surface area contributed by atoms with Crippen molar-refractivity contribution in [1.82, 2.24) is 24.7 Å². The Morgan fingerprint density at radius 3 is 2.06 bits per heavy atom. The quantitative estimate of drug-likeness (QED) is 0.115. The number of anilines is 3. The predicted octanol–water partition coefficient (Wildman–Crippen LogP) is 8.67. The summed E-state index contributed by atoms with van der Waals surface area (Å²) in [5.41, 5.74) is 0.201. The van der Waals surface area contributed by atoms with Crippen molar-refractivity contribution < 1.29 is 31.1 Å². The van der Waals surface area contributed by atoms with Crippen LogP contribution in [0, 0.1) is 18.8 Å². The number of rotatable bonds is 12. The summed E-state index contributed by atoms with van der Waals surface area (Å²) in [6, 6.07) is 3.52. The number of aromatic nitrogens is 5. The molecule has 0 bridgehead atoms. The molecule has 0 spiro atoms. The van der Waals surface area contributed by atoms with Gasteiger partial charge in [0, 0.05) is 43.0 Å². The van der Waals surface area contributed by atoms with E-state index in [0.29, 0.717) is 35.2 Å².